The van der Waals surface area contributed by atoms with E-state index in [2.05, 4.69) is 149 Å². The summed E-state index contributed by atoms with van der Waals surface area (Å²) in [6, 6.07) is 36.7. The molecule has 1 aliphatic heterocycles. The number of rotatable bonds is 5. The van der Waals surface area contributed by atoms with Crippen LogP contribution >= 0.6 is 0 Å². The lowest BCUT2D eigenvalue weighted by molar-refractivity contribution is 0.203. The zero-order chi connectivity index (χ0) is 38.6. The predicted octanol–water partition coefficient (Wildman–Crippen LogP) is 8.39. The minimum atomic E-state index is -2.97. The number of hydrogen-bond donors (Lipinski definition) is 2. The average Bonchev–Trinajstić information content (AvgIpc) is 3.45. The van der Waals surface area contributed by atoms with Crippen LogP contribution in [0.15, 0.2) is 109 Å². The minimum Gasteiger partial charge on any atom is -0.351 e. The van der Waals surface area contributed by atoms with Crippen LogP contribution in [0.25, 0.3) is 21.7 Å². The smallest absolute Gasteiger partial charge is 0.208 e. The second-order valence-corrected chi connectivity index (χ2v) is 16.6. The molecule has 282 valence electrons. The van der Waals surface area contributed by atoms with Crippen molar-refractivity contribution in [2.24, 2.45) is 7.05 Å². The summed E-state index contributed by atoms with van der Waals surface area (Å²) in [5, 5.41) is 3.93. The lowest BCUT2D eigenvalue weighted by Crippen LogP contribution is -2.35. The van der Waals surface area contributed by atoms with Gasteiger partial charge in [-0.2, -0.15) is 0 Å². The number of benzene rings is 4. The van der Waals surface area contributed by atoms with Gasteiger partial charge in [-0.15, -0.1) is 0 Å². The minimum absolute atomic E-state index is 0.00463. The highest BCUT2D eigenvalue weighted by Gasteiger charge is 2.17. The van der Waals surface area contributed by atoms with Gasteiger partial charge < -0.3 is 4.57 Å². The number of hydrogen-bond acceptors (Lipinski definition) is 5. The highest BCUT2D eigenvalue weighted by molar-refractivity contribution is 7.89. The van der Waals surface area contributed by atoms with Crippen LogP contribution < -0.4 is 9.44 Å². The van der Waals surface area contributed by atoms with Crippen molar-refractivity contribution in [3.8, 4) is 0 Å². The Morgan fingerprint density at radius 1 is 0.569 bits per heavy atom. The molecule has 0 aliphatic carbocycles. The molecule has 0 bridgehead atoms. The third kappa shape index (κ3) is 19.6. The van der Waals surface area contributed by atoms with E-state index >= 15 is 0 Å². The number of nitrogens with zero attached hydrogens (tertiary/aromatic N) is 2. The van der Waals surface area contributed by atoms with E-state index in [1.54, 1.807) is 33.3 Å². The van der Waals surface area contributed by atoms with Gasteiger partial charge in [0.2, 0.25) is 20.0 Å². The SMILES string of the molecule is CC.CC(C)N1CCc2ccccc2C1.CC(C)NS(C)(=O)=O.CC(C)NS(C)(=O)=O.Cn1ccc2ccccc21.c1ccc2ccccc2c1. The van der Waals surface area contributed by atoms with Crippen LogP contribution in [0.1, 0.15) is 66.5 Å². The molecule has 4 aromatic carbocycles. The van der Waals surface area contributed by atoms with Crippen LogP contribution in [0, 0.1) is 0 Å². The van der Waals surface area contributed by atoms with E-state index in [-0.39, 0.29) is 12.1 Å². The van der Waals surface area contributed by atoms with Gasteiger partial charge in [-0.3, -0.25) is 4.90 Å². The van der Waals surface area contributed by atoms with Crippen molar-refractivity contribution < 1.29 is 16.8 Å². The van der Waals surface area contributed by atoms with E-state index in [1.165, 1.54) is 40.2 Å². The first-order valence-corrected chi connectivity index (χ1v) is 21.4. The molecule has 0 fully saturated rings. The summed E-state index contributed by atoms with van der Waals surface area (Å²) in [5.74, 6) is 0. The largest absolute Gasteiger partial charge is 0.351 e. The number of fused-ring (bicyclic) bond motifs is 3. The predicted molar refractivity (Wildman–Crippen MR) is 220 cm³/mol. The third-order valence-corrected chi connectivity index (χ3v) is 9.04. The summed E-state index contributed by atoms with van der Waals surface area (Å²) in [7, 11) is -3.89. The molecule has 10 heteroatoms. The Morgan fingerprint density at radius 3 is 1.33 bits per heavy atom. The van der Waals surface area contributed by atoms with Gasteiger partial charge in [0.15, 0.2) is 0 Å². The zero-order valence-electron chi connectivity index (χ0n) is 32.6. The van der Waals surface area contributed by atoms with Gasteiger partial charge in [-0.1, -0.05) is 105 Å². The quantitative estimate of drug-likeness (QED) is 0.189. The van der Waals surface area contributed by atoms with Crippen LogP contribution in [0.5, 0.6) is 0 Å². The fourth-order valence-corrected chi connectivity index (χ4v) is 6.88. The third-order valence-electron chi connectivity index (χ3n) is 7.24. The molecule has 0 radical (unpaired) electrons. The summed E-state index contributed by atoms with van der Waals surface area (Å²) in [6.07, 6.45) is 5.58. The second kappa shape index (κ2) is 23.1. The van der Waals surface area contributed by atoms with Gasteiger partial charge >= 0.3 is 0 Å². The first-order chi connectivity index (χ1) is 23.9. The highest BCUT2D eigenvalue weighted by atomic mass is 32.2. The van der Waals surface area contributed by atoms with Crippen LogP contribution in [0.3, 0.4) is 0 Å². The molecule has 0 spiro atoms. The van der Waals surface area contributed by atoms with E-state index < -0.39 is 20.0 Å². The Morgan fingerprint density at radius 2 is 0.961 bits per heavy atom. The van der Waals surface area contributed by atoms with Gasteiger partial charge in [0, 0.05) is 50.0 Å². The Labute approximate surface area is 309 Å². The van der Waals surface area contributed by atoms with E-state index in [9.17, 15) is 16.8 Å². The van der Waals surface area contributed by atoms with Crippen LogP contribution in [0.2, 0.25) is 0 Å². The molecule has 0 atom stereocenters. The lowest BCUT2D eigenvalue weighted by atomic mass is 9.99. The summed E-state index contributed by atoms with van der Waals surface area (Å²) < 4.78 is 48.2. The summed E-state index contributed by atoms with van der Waals surface area (Å²) in [5.41, 5.74) is 4.35. The summed E-state index contributed by atoms with van der Waals surface area (Å²) in [6.45, 7) is 18.0. The maximum Gasteiger partial charge on any atom is 0.208 e. The monoisotopic (exact) mass is 738 g/mol. The standard InChI is InChI=1S/C12H17N.C10H8.C9H9N.2C4H11NO2S.C2H6/c1-10(2)13-8-7-11-5-3-4-6-12(11)9-13;1-2-6-10-8-4-3-7-9(10)5-1;1-10-7-6-8-4-2-3-5-9(8)10;2*1-4(2)5-8(3,6)7;1-2/h3-6,10H,7-9H2,1-2H3;1-8H;2-7H,1H3;2*4-5H,1-3H3;1-2H3. The van der Waals surface area contributed by atoms with Crippen LogP contribution in [0.4, 0.5) is 0 Å². The lowest BCUT2D eigenvalue weighted by Gasteiger charge is -2.31. The van der Waals surface area contributed by atoms with Crippen LogP contribution in [-0.2, 0) is 40.1 Å². The highest BCUT2D eigenvalue weighted by Crippen LogP contribution is 2.19. The van der Waals surface area contributed by atoms with Gasteiger partial charge in [0.25, 0.3) is 0 Å². The molecule has 0 amide bonds. The fraction of sp³-hybridized carbons (Fsp3) is 0.415. The Balaban J connectivity index is 0.000000319. The molecule has 2 N–H and O–H groups in total. The Kier molecular flexibility index (Phi) is 20.6. The molecule has 6 rings (SSSR count). The van der Waals surface area contributed by atoms with Crippen molar-refractivity contribution in [1.29, 1.82) is 0 Å². The van der Waals surface area contributed by atoms with Crippen molar-refractivity contribution >= 4 is 41.7 Å². The maximum atomic E-state index is 10.3. The molecule has 1 aliphatic rings. The molecular formula is C41H62N4O4S2. The molecule has 5 aromatic rings. The van der Waals surface area contributed by atoms with E-state index in [0.29, 0.717) is 6.04 Å². The van der Waals surface area contributed by atoms with E-state index in [4.69, 9.17) is 0 Å². The summed E-state index contributed by atoms with van der Waals surface area (Å²) in [4.78, 5) is 2.53. The Bertz CT molecular complexity index is 1820. The number of aromatic nitrogens is 1. The molecule has 8 nitrogen and oxygen atoms in total. The average molecular weight is 739 g/mol. The maximum absolute atomic E-state index is 10.3. The van der Waals surface area contributed by atoms with E-state index in [0.717, 1.165) is 19.1 Å². The van der Waals surface area contributed by atoms with Crippen molar-refractivity contribution in [2.45, 2.75) is 86.5 Å². The normalized spacial score (nSPS) is 12.5. The first kappa shape index (κ1) is 45.5. The number of nitrogens with one attached hydrogen (secondary N) is 2. The van der Waals surface area contributed by atoms with Gasteiger partial charge in [0.05, 0.1) is 12.5 Å². The Hall–Kier alpha value is -3.54. The van der Waals surface area contributed by atoms with Crippen molar-refractivity contribution in [2.75, 3.05) is 19.1 Å². The summed E-state index contributed by atoms with van der Waals surface area (Å²) >= 11 is 0. The molecule has 2 heterocycles. The fourth-order valence-electron chi connectivity index (χ4n) is 5.17. The number of sulfonamides is 2. The zero-order valence-corrected chi connectivity index (χ0v) is 34.2. The van der Waals surface area contributed by atoms with Gasteiger partial charge in [0.1, 0.15) is 0 Å². The molecule has 1 aromatic heterocycles. The molecular weight excluding hydrogens is 677 g/mol. The van der Waals surface area contributed by atoms with Gasteiger partial charge in [-0.05, 0) is 87.4 Å². The number of para-hydroxylation sites is 1. The number of aryl methyl sites for hydroxylation is 1. The van der Waals surface area contributed by atoms with E-state index in [1.807, 2.05) is 13.8 Å². The van der Waals surface area contributed by atoms with Crippen molar-refractivity contribution in [3.63, 3.8) is 0 Å². The van der Waals surface area contributed by atoms with Gasteiger partial charge in [-0.25, -0.2) is 26.3 Å². The molecule has 0 saturated carbocycles. The topological polar surface area (TPSA) is 101 Å². The van der Waals surface area contributed by atoms with Crippen LogP contribution in [-0.4, -0.2) is 63.5 Å². The van der Waals surface area contributed by atoms with Crippen molar-refractivity contribution in [3.05, 3.63) is 120 Å². The first-order valence-electron chi connectivity index (χ1n) is 17.6. The molecule has 0 saturated heterocycles. The molecule has 0 unspecified atom stereocenters. The van der Waals surface area contributed by atoms with Crippen molar-refractivity contribution in [1.82, 2.24) is 18.9 Å². The second-order valence-electron chi connectivity index (χ2n) is 13.0. The molecule has 51 heavy (non-hydrogen) atoms.